The molecule has 2 heterocycles. The molecule has 0 aliphatic carbocycles. The fraction of sp³-hybridized carbons (Fsp3) is 0.261. The Bertz CT molecular complexity index is 1080. The Morgan fingerprint density at radius 3 is 2.72 bits per heavy atom. The lowest BCUT2D eigenvalue weighted by molar-refractivity contribution is -0.135. The van der Waals surface area contributed by atoms with Crippen molar-refractivity contribution in [1.82, 2.24) is 20.5 Å². The molecule has 32 heavy (non-hydrogen) atoms. The fourth-order valence-corrected chi connectivity index (χ4v) is 3.64. The van der Waals surface area contributed by atoms with Gasteiger partial charge in [0.25, 0.3) is 11.8 Å². The van der Waals surface area contributed by atoms with Gasteiger partial charge in [0.2, 0.25) is 5.91 Å². The van der Waals surface area contributed by atoms with Crippen LogP contribution in [-0.4, -0.2) is 46.4 Å². The van der Waals surface area contributed by atoms with Gasteiger partial charge >= 0.3 is 0 Å². The first-order chi connectivity index (χ1) is 15.4. The Hall–Kier alpha value is -4.01. The van der Waals surface area contributed by atoms with Gasteiger partial charge in [-0.05, 0) is 35.7 Å². The minimum Gasteiger partial charge on any atom is -0.403 e. The number of benzene rings is 1. The molecule has 5 N–H and O–H groups in total. The predicted octanol–water partition coefficient (Wildman–Crippen LogP) is 0.893. The van der Waals surface area contributed by atoms with Crippen molar-refractivity contribution in [3.8, 4) is 0 Å². The van der Waals surface area contributed by atoms with Crippen LogP contribution in [0.3, 0.4) is 0 Å². The topological polar surface area (TPSA) is 141 Å². The van der Waals surface area contributed by atoms with Crippen molar-refractivity contribution in [3.63, 3.8) is 0 Å². The third-order valence-corrected chi connectivity index (χ3v) is 5.35. The van der Waals surface area contributed by atoms with Gasteiger partial charge in [0.05, 0.1) is 5.70 Å². The van der Waals surface area contributed by atoms with E-state index in [-0.39, 0.29) is 30.3 Å². The summed E-state index contributed by atoms with van der Waals surface area (Å²) in [4.78, 5) is 43.9. The van der Waals surface area contributed by atoms with E-state index in [0.29, 0.717) is 17.7 Å². The highest BCUT2D eigenvalue weighted by Crippen LogP contribution is 2.20. The zero-order valence-electron chi connectivity index (χ0n) is 18.0. The fourth-order valence-electron chi connectivity index (χ4n) is 3.64. The molecule has 1 atom stereocenters. The smallest absolute Gasteiger partial charge is 0.274 e. The van der Waals surface area contributed by atoms with Crippen molar-refractivity contribution >= 4 is 23.4 Å². The summed E-state index contributed by atoms with van der Waals surface area (Å²) in [7, 11) is 1.57. The van der Waals surface area contributed by atoms with Gasteiger partial charge in [0.1, 0.15) is 11.8 Å². The van der Waals surface area contributed by atoms with E-state index in [1.165, 1.54) is 4.90 Å². The van der Waals surface area contributed by atoms with E-state index in [0.717, 1.165) is 17.3 Å². The zero-order valence-corrected chi connectivity index (χ0v) is 18.0. The van der Waals surface area contributed by atoms with E-state index < -0.39 is 17.9 Å². The number of carbonyl (C=O) groups excluding carboxylic acids is 3. The van der Waals surface area contributed by atoms with Gasteiger partial charge < -0.3 is 21.3 Å². The normalized spacial score (nSPS) is 17.8. The van der Waals surface area contributed by atoms with Crippen LogP contribution in [0.5, 0.6) is 0 Å². The predicted molar refractivity (Wildman–Crippen MR) is 120 cm³/mol. The standard InChI is InChI=1S/C23H26N6O3/c1-3-15-10-14(7-8-17(15)21(30)26-2)13-29-19(11-16-6-4-5-9-27-16)22(31)28-18(12-24)20(25)23(29)32/h4-10,12,19,25H,3,11,13,24H2,1-2H3,(H,26,30)(H,28,31)/b18-12+,25-20?. The average Bonchev–Trinajstić information content (AvgIpc) is 2.90. The van der Waals surface area contributed by atoms with Crippen LogP contribution in [0.25, 0.3) is 0 Å². The number of hydrogen-bond donors (Lipinski definition) is 4. The van der Waals surface area contributed by atoms with Crippen molar-refractivity contribution in [2.24, 2.45) is 5.73 Å². The van der Waals surface area contributed by atoms with Crippen molar-refractivity contribution < 1.29 is 14.4 Å². The average molecular weight is 435 g/mol. The molecule has 1 aliphatic heterocycles. The van der Waals surface area contributed by atoms with Crippen LogP contribution in [0, 0.1) is 5.41 Å². The van der Waals surface area contributed by atoms with Crippen LogP contribution in [-0.2, 0) is 29.0 Å². The number of amides is 3. The Kier molecular flexibility index (Phi) is 6.99. The molecule has 166 valence electrons. The van der Waals surface area contributed by atoms with Crippen molar-refractivity contribution in [3.05, 3.63) is 76.9 Å². The first kappa shape index (κ1) is 22.7. The summed E-state index contributed by atoms with van der Waals surface area (Å²) >= 11 is 0. The molecule has 3 rings (SSSR count). The van der Waals surface area contributed by atoms with E-state index in [1.54, 1.807) is 43.6 Å². The van der Waals surface area contributed by atoms with Crippen LogP contribution in [0.2, 0.25) is 0 Å². The summed E-state index contributed by atoms with van der Waals surface area (Å²) < 4.78 is 0. The summed E-state index contributed by atoms with van der Waals surface area (Å²) in [5.74, 6) is -1.25. The second kappa shape index (κ2) is 9.86. The molecule has 1 saturated heterocycles. The monoisotopic (exact) mass is 434 g/mol. The molecule has 0 bridgehead atoms. The largest absolute Gasteiger partial charge is 0.403 e. The number of aryl methyl sites for hydroxylation is 1. The maximum absolute atomic E-state index is 13.2. The first-order valence-corrected chi connectivity index (χ1v) is 10.3. The Labute approximate surface area is 186 Å². The Morgan fingerprint density at radius 1 is 1.31 bits per heavy atom. The molecule has 3 amide bonds. The summed E-state index contributed by atoms with van der Waals surface area (Å²) in [5, 5.41) is 13.4. The van der Waals surface area contributed by atoms with E-state index in [2.05, 4.69) is 15.6 Å². The molecule has 1 aliphatic rings. The second-order valence-electron chi connectivity index (χ2n) is 7.34. The number of hydrogen-bond acceptors (Lipinski definition) is 6. The van der Waals surface area contributed by atoms with Gasteiger partial charge in [-0.15, -0.1) is 0 Å². The number of aromatic nitrogens is 1. The van der Waals surface area contributed by atoms with Crippen LogP contribution in [0.15, 0.2) is 54.5 Å². The van der Waals surface area contributed by atoms with Crippen LogP contribution in [0.1, 0.15) is 34.1 Å². The highest BCUT2D eigenvalue weighted by Gasteiger charge is 2.37. The van der Waals surface area contributed by atoms with E-state index >= 15 is 0 Å². The summed E-state index contributed by atoms with van der Waals surface area (Å²) in [6.07, 6.45) is 3.47. The lowest BCUT2D eigenvalue weighted by Gasteiger charge is -2.28. The Balaban J connectivity index is 2.00. The molecule has 2 aromatic rings. The van der Waals surface area contributed by atoms with Crippen LogP contribution in [0.4, 0.5) is 0 Å². The molecule has 9 heteroatoms. The maximum Gasteiger partial charge on any atom is 0.274 e. The van der Waals surface area contributed by atoms with Crippen molar-refractivity contribution in [2.75, 3.05) is 7.05 Å². The molecule has 1 aromatic carbocycles. The third-order valence-electron chi connectivity index (χ3n) is 5.35. The van der Waals surface area contributed by atoms with E-state index in [4.69, 9.17) is 11.1 Å². The van der Waals surface area contributed by atoms with Gasteiger partial charge in [-0.1, -0.05) is 25.1 Å². The summed E-state index contributed by atoms with van der Waals surface area (Å²) in [6, 6.07) is 9.77. The lowest BCUT2D eigenvalue weighted by atomic mass is 10.00. The molecule has 9 nitrogen and oxygen atoms in total. The number of nitrogens with one attached hydrogen (secondary N) is 3. The quantitative estimate of drug-likeness (QED) is 0.534. The number of pyridine rings is 1. The van der Waals surface area contributed by atoms with Gasteiger partial charge in [-0.3, -0.25) is 24.8 Å². The molecule has 1 fully saturated rings. The highest BCUT2D eigenvalue weighted by atomic mass is 16.2. The zero-order chi connectivity index (χ0) is 23.3. The molecule has 0 saturated carbocycles. The summed E-state index contributed by atoms with van der Waals surface area (Å²) in [5.41, 5.74) is 7.90. The molecular weight excluding hydrogens is 408 g/mol. The first-order valence-electron chi connectivity index (χ1n) is 10.3. The minimum atomic E-state index is -0.890. The Morgan fingerprint density at radius 2 is 2.09 bits per heavy atom. The third kappa shape index (κ3) is 4.66. The van der Waals surface area contributed by atoms with Gasteiger partial charge in [0, 0.05) is 43.7 Å². The van der Waals surface area contributed by atoms with E-state index in [1.807, 2.05) is 13.0 Å². The van der Waals surface area contributed by atoms with Gasteiger partial charge in [-0.25, -0.2) is 0 Å². The van der Waals surface area contributed by atoms with Gasteiger partial charge in [-0.2, -0.15) is 0 Å². The summed E-state index contributed by atoms with van der Waals surface area (Å²) in [6.45, 7) is 2.03. The van der Waals surface area contributed by atoms with Crippen LogP contribution >= 0.6 is 0 Å². The SMILES string of the molecule is CCc1cc(CN2C(=O)C(=N)/C(=C\N)NC(=O)C2Cc2ccccn2)ccc1C(=O)NC. The molecule has 0 radical (unpaired) electrons. The second-order valence-corrected chi connectivity index (χ2v) is 7.34. The number of nitrogens with zero attached hydrogens (tertiary/aromatic N) is 2. The number of nitrogens with two attached hydrogens (primary N) is 1. The lowest BCUT2D eigenvalue weighted by Crippen LogP contribution is -2.47. The van der Waals surface area contributed by atoms with Crippen molar-refractivity contribution in [1.29, 1.82) is 5.41 Å². The molecule has 1 aromatic heterocycles. The molecule has 0 spiro atoms. The molecule has 1 unspecified atom stereocenters. The number of rotatable bonds is 6. The number of carbonyl (C=O) groups is 3. The van der Waals surface area contributed by atoms with Gasteiger partial charge in [0.15, 0.2) is 0 Å². The van der Waals surface area contributed by atoms with Crippen LogP contribution < -0.4 is 16.4 Å². The van der Waals surface area contributed by atoms with Crippen molar-refractivity contribution in [2.45, 2.75) is 32.4 Å². The highest BCUT2D eigenvalue weighted by molar-refractivity contribution is 6.45. The molecular formula is C23H26N6O3. The minimum absolute atomic E-state index is 0.0299. The maximum atomic E-state index is 13.2. The van der Waals surface area contributed by atoms with E-state index in [9.17, 15) is 14.4 Å².